The average molecular weight is 272 g/mol. The number of rotatable bonds is 1. The summed E-state index contributed by atoms with van der Waals surface area (Å²) in [6.07, 6.45) is 1.11. The monoisotopic (exact) mass is 271 g/mol. The summed E-state index contributed by atoms with van der Waals surface area (Å²) < 4.78 is 14.4. The van der Waals surface area contributed by atoms with Crippen molar-refractivity contribution < 1.29 is 4.39 Å². The van der Waals surface area contributed by atoms with E-state index in [1.807, 2.05) is 13.8 Å². The molecule has 15 heavy (non-hydrogen) atoms. The predicted octanol–water partition coefficient (Wildman–Crippen LogP) is 3.28. The van der Waals surface area contributed by atoms with E-state index in [4.69, 9.17) is 0 Å². The summed E-state index contributed by atoms with van der Waals surface area (Å²) in [7, 11) is 0. The van der Waals surface area contributed by atoms with Crippen molar-refractivity contribution >= 4 is 15.9 Å². The molecular formula is C12H15BrFN. The van der Waals surface area contributed by atoms with E-state index in [9.17, 15) is 4.39 Å². The van der Waals surface area contributed by atoms with Crippen molar-refractivity contribution in [2.75, 3.05) is 13.1 Å². The third-order valence-corrected chi connectivity index (χ3v) is 4.15. The number of halogens is 2. The van der Waals surface area contributed by atoms with E-state index in [-0.39, 0.29) is 5.82 Å². The van der Waals surface area contributed by atoms with Crippen LogP contribution in [0.4, 0.5) is 4.39 Å². The highest BCUT2D eigenvalue weighted by Crippen LogP contribution is 2.32. The Kier molecular flexibility index (Phi) is 3.12. The molecule has 1 nitrogen and oxygen atoms in total. The third-order valence-electron chi connectivity index (χ3n) is 3.17. The minimum absolute atomic E-state index is 0.100. The van der Waals surface area contributed by atoms with E-state index in [1.54, 1.807) is 0 Å². The highest BCUT2D eigenvalue weighted by Gasteiger charge is 2.21. The SMILES string of the molecule is Cc1cc(C2CCNC2)c(C)c(F)c1Br. The predicted molar refractivity (Wildman–Crippen MR) is 63.8 cm³/mol. The minimum atomic E-state index is -0.100. The van der Waals surface area contributed by atoms with Gasteiger partial charge >= 0.3 is 0 Å². The van der Waals surface area contributed by atoms with E-state index in [0.29, 0.717) is 10.4 Å². The molecule has 1 atom stereocenters. The Morgan fingerprint density at radius 3 is 2.80 bits per heavy atom. The average Bonchev–Trinajstić information content (AvgIpc) is 2.73. The number of nitrogens with one attached hydrogen (secondary N) is 1. The zero-order valence-corrected chi connectivity index (χ0v) is 10.6. The maximum atomic E-state index is 13.8. The van der Waals surface area contributed by atoms with Crippen LogP contribution in [0.3, 0.4) is 0 Å². The smallest absolute Gasteiger partial charge is 0.140 e. The molecule has 1 aromatic carbocycles. The molecule has 1 fully saturated rings. The lowest BCUT2D eigenvalue weighted by Gasteiger charge is -2.15. The van der Waals surface area contributed by atoms with Crippen LogP contribution in [0.2, 0.25) is 0 Å². The summed E-state index contributed by atoms with van der Waals surface area (Å²) in [6, 6.07) is 2.11. The van der Waals surface area contributed by atoms with Crippen LogP contribution in [-0.4, -0.2) is 13.1 Å². The van der Waals surface area contributed by atoms with Gasteiger partial charge in [-0.15, -0.1) is 0 Å². The second kappa shape index (κ2) is 4.22. The van der Waals surface area contributed by atoms with Crippen LogP contribution >= 0.6 is 15.9 Å². The van der Waals surface area contributed by atoms with E-state index >= 15 is 0 Å². The van der Waals surface area contributed by atoms with Gasteiger partial charge in [0, 0.05) is 6.54 Å². The second-order valence-corrected chi connectivity index (χ2v) is 5.02. The van der Waals surface area contributed by atoms with Gasteiger partial charge in [0.05, 0.1) is 4.47 Å². The van der Waals surface area contributed by atoms with Crippen molar-refractivity contribution in [2.24, 2.45) is 0 Å². The first-order chi connectivity index (χ1) is 7.11. The molecule has 1 heterocycles. The molecule has 1 unspecified atom stereocenters. The summed E-state index contributed by atoms with van der Waals surface area (Å²) in [5.74, 6) is 0.378. The third kappa shape index (κ3) is 1.95. The molecule has 0 spiro atoms. The van der Waals surface area contributed by atoms with Crippen LogP contribution in [0.25, 0.3) is 0 Å². The first-order valence-corrected chi connectivity index (χ1v) is 6.06. The van der Waals surface area contributed by atoms with Crippen molar-refractivity contribution in [1.82, 2.24) is 5.32 Å². The fraction of sp³-hybridized carbons (Fsp3) is 0.500. The van der Waals surface area contributed by atoms with Gasteiger partial charge < -0.3 is 5.32 Å². The lowest BCUT2D eigenvalue weighted by molar-refractivity contribution is 0.601. The van der Waals surface area contributed by atoms with Gasteiger partial charge in [-0.3, -0.25) is 0 Å². The Morgan fingerprint density at radius 2 is 2.20 bits per heavy atom. The van der Waals surface area contributed by atoms with Gasteiger partial charge in [0.25, 0.3) is 0 Å². The fourth-order valence-electron chi connectivity index (χ4n) is 2.21. The molecule has 0 aliphatic carbocycles. The maximum absolute atomic E-state index is 13.8. The summed E-state index contributed by atoms with van der Waals surface area (Å²) in [4.78, 5) is 0. The molecule has 1 N–H and O–H groups in total. The zero-order chi connectivity index (χ0) is 11.0. The molecule has 0 amide bonds. The highest BCUT2D eigenvalue weighted by molar-refractivity contribution is 9.10. The van der Waals surface area contributed by atoms with Gasteiger partial charge in [-0.05, 0) is 65.4 Å². The molecule has 1 aliphatic rings. The Hall–Kier alpha value is -0.410. The summed E-state index contributed by atoms with van der Waals surface area (Å²) in [5, 5.41) is 3.32. The molecule has 0 aromatic heterocycles. The van der Waals surface area contributed by atoms with Crippen molar-refractivity contribution in [3.05, 3.63) is 33.0 Å². The summed E-state index contributed by atoms with van der Waals surface area (Å²) in [6.45, 7) is 5.83. The highest BCUT2D eigenvalue weighted by atomic mass is 79.9. The quantitative estimate of drug-likeness (QED) is 0.827. The Labute approximate surface area is 98.2 Å². The second-order valence-electron chi connectivity index (χ2n) is 4.23. The van der Waals surface area contributed by atoms with Crippen molar-refractivity contribution in [2.45, 2.75) is 26.2 Å². The first-order valence-electron chi connectivity index (χ1n) is 5.27. The largest absolute Gasteiger partial charge is 0.316 e. The van der Waals surface area contributed by atoms with Gasteiger partial charge in [-0.25, -0.2) is 4.39 Å². The van der Waals surface area contributed by atoms with Crippen molar-refractivity contribution in [3.63, 3.8) is 0 Å². The van der Waals surface area contributed by atoms with Gasteiger partial charge in [0.1, 0.15) is 5.82 Å². The van der Waals surface area contributed by atoms with Crippen LogP contribution in [-0.2, 0) is 0 Å². The van der Waals surface area contributed by atoms with E-state index in [0.717, 1.165) is 30.6 Å². The normalized spacial score (nSPS) is 20.9. The first kappa shape index (κ1) is 11.1. The molecular weight excluding hydrogens is 257 g/mol. The molecule has 0 radical (unpaired) electrons. The van der Waals surface area contributed by atoms with Crippen LogP contribution in [0, 0.1) is 19.7 Å². The van der Waals surface area contributed by atoms with Crippen LogP contribution in [0.1, 0.15) is 29.0 Å². The fourth-order valence-corrected chi connectivity index (χ4v) is 2.63. The molecule has 1 saturated heterocycles. The van der Waals surface area contributed by atoms with Crippen LogP contribution < -0.4 is 5.32 Å². The summed E-state index contributed by atoms with van der Waals surface area (Å²) in [5.41, 5.74) is 2.94. The Balaban J connectivity index is 2.47. The Bertz CT molecular complexity index is 384. The molecule has 0 bridgehead atoms. The maximum Gasteiger partial charge on any atom is 0.140 e. The summed E-state index contributed by atoms with van der Waals surface area (Å²) >= 11 is 3.28. The minimum Gasteiger partial charge on any atom is -0.316 e. The molecule has 0 saturated carbocycles. The standard InChI is InChI=1S/C12H15BrFN/c1-7-5-10(9-3-4-15-6-9)8(2)12(14)11(7)13/h5,9,15H,3-4,6H2,1-2H3. The number of hydrogen-bond acceptors (Lipinski definition) is 1. The van der Waals surface area contributed by atoms with Gasteiger partial charge in [-0.1, -0.05) is 6.07 Å². The molecule has 1 aliphatic heterocycles. The van der Waals surface area contributed by atoms with Crippen LogP contribution in [0.15, 0.2) is 10.5 Å². The topological polar surface area (TPSA) is 12.0 Å². The number of hydrogen-bond donors (Lipinski definition) is 1. The molecule has 2 rings (SSSR count). The lowest BCUT2D eigenvalue weighted by atomic mass is 9.92. The van der Waals surface area contributed by atoms with Gasteiger partial charge in [0.2, 0.25) is 0 Å². The Morgan fingerprint density at radius 1 is 1.47 bits per heavy atom. The van der Waals surface area contributed by atoms with Crippen LogP contribution in [0.5, 0.6) is 0 Å². The van der Waals surface area contributed by atoms with E-state index < -0.39 is 0 Å². The lowest BCUT2D eigenvalue weighted by Crippen LogP contribution is -2.09. The molecule has 3 heteroatoms. The van der Waals surface area contributed by atoms with Crippen molar-refractivity contribution in [3.8, 4) is 0 Å². The number of aryl methyl sites for hydroxylation is 1. The molecule has 1 aromatic rings. The van der Waals surface area contributed by atoms with E-state index in [1.165, 1.54) is 5.56 Å². The zero-order valence-electron chi connectivity index (χ0n) is 9.03. The molecule has 82 valence electrons. The van der Waals surface area contributed by atoms with E-state index in [2.05, 4.69) is 27.3 Å². The van der Waals surface area contributed by atoms with Crippen molar-refractivity contribution in [1.29, 1.82) is 0 Å². The number of benzene rings is 1. The van der Waals surface area contributed by atoms with Gasteiger partial charge in [-0.2, -0.15) is 0 Å². The van der Waals surface area contributed by atoms with Gasteiger partial charge in [0.15, 0.2) is 0 Å².